The van der Waals surface area contributed by atoms with Crippen molar-refractivity contribution in [1.29, 1.82) is 5.26 Å². The number of thiocarbonyl (C=S) groups is 1. The first kappa shape index (κ1) is 20.9. The molecule has 1 amide bonds. The Morgan fingerprint density at radius 3 is 2.56 bits per heavy atom. The van der Waals surface area contributed by atoms with Crippen LogP contribution in [0.25, 0.3) is 0 Å². The van der Waals surface area contributed by atoms with Gasteiger partial charge in [0.05, 0.1) is 11.6 Å². The number of hydrogen-bond acceptors (Lipinski definition) is 4. The summed E-state index contributed by atoms with van der Waals surface area (Å²) in [5.41, 5.74) is -2.45. The van der Waals surface area contributed by atoms with Gasteiger partial charge in [0.15, 0.2) is 5.11 Å². The highest BCUT2D eigenvalue weighted by Gasteiger charge is 2.50. The van der Waals surface area contributed by atoms with E-state index in [1.807, 2.05) is 0 Å². The van der Waals surface area contributed by atoms with Gasteiger partial charge in [0.2, 0.25) is 0 Å². The van der Waals surface area contributed by atoms with Crippen molar-refractivity contribution in [3.05, 3.63) is 22.9 Å². The van der Waals surface area contributed by atoms with Crippen molar-refractivity contribution in [1.82, 2.24) is 9.80 Å². The van der Waals surface area contributed by atoms with Crippen LogP contribution in [0, 0.1) is 11.3 Å². The van der Waals surface area contributed by atoms with Crippen molar-refractivity contribution in [2.75, 3.05) is 6.54 Å². The molecule has 0 bridgehead atoms. The molecule has 2 aliphatic rings. The number of alkyl halides is 3. The Balaban J connectivity index is 2.36. The average Bonchev–Trinajstić information content (AvgIpc) is 2.73. The number of carbonyl (C=O) groups excluding carboxylic acids is 1. The summed E-state index contributed by atoms with van der Waals surface area (Å²) in [6.07, 6.45) is -3.83. The van der Waals surface area contributed by atoms with Crippen LogP contribution < -0.4 is 0 Å². The Bertz CT molecular complexity index is 793. The smallest absolute Gasteiger partial charge is 0.417 e. The Hall–Kier alpha value is -2.41. The zero-order valence-electron chi connectivity index (χ0n) is 14.8. The molecule has 27 heavy (non-hydrogen) atoms. The van der Waals surface area contributed by atoms with Crippen LogP contribution in [0.2, 0.25) is 0 Å². The van der Waals surface area contributed by atoms with Crippen molar-refractivity contribution < 1.29 is 27.9 Å². The third-order valence-electron chi connectivity index (χ3n) is 4.59. The number of carboxylic acids is 1. The van der Waals surface area contributed by atoms with Crippen molar-refractivity contribution >= 4 is 29.2 Å². The second kappa shape index (κ2) is 7.31. The molecule has 1 heterocycles. The number of carboxylic acid groups (broad SMARTS) is 1. The standard InChI is InChI=1S/C17H18F3N3O3S/c1-16(2)14(26)23(15(27)22(16)7-3-4-13(24)25)11-6-5-10(9-21)12(8-11)17(18,19)20/h8H,3-7H2,1-2H3,(H,24,25). The molecule has 1 N–H and O–H groups in total. The molecule has 0 radical (unpaired) electrons. The normalized spacial score (nSPS) is 20.1. The molecular weight excluding hydrogens is 383 g/mol. The quantitative estimate of drug-likeness (QED) is 0.713. The van der Waals surface area contributed by atoms with E-state index in [0.29, 0.717) is 0 Å². The largest absolute Gasteiger partial charge is 0.481 e. The van der Waals surface area contributed by atoms with E-state index in [0.717, 1.165) is 11.0 Å². The summed E-state index contributed by atoms with van der Waals surface area (Å²) in [7, 11) is 0. The number of nitrogens with zero attached hydrogens (tertiary/aromatic N) is 3. The average molecular weight is 401 g/mol. The van der Waals surface area contributed by atoms with E-state index in [9.17, 15) is 22.8 Å². The first-order chi connectivity index (χ1) is 12.4. The lowest BCUT2D eigenvalue weighted by Gasteiger charge is -2.29. The number of rotatable bonds is 5. The zero-order chi connectivity index (χ0) is 20.6. The minimum Gasteiger partial charge on any atom is -0.481 e. The molecule has 2 rings (SSSR count). The van der Waals surface area contributed by atoms with Gasteiger partial charge in [0.25, 0.3) is 5.91 Å². The summed E-state index contributed by atoms with van der Waals surface area (Å²) < 4.78 is 39.7. The number of allylic oxidation sites excluding steroid dienone is 4. The summed E-state index contributed by atoms with van der Waals surface area (Å²) in [6.45, 7) is 3.37. The molecular formula is C17H18F3N3O3S. The second-order valence-electron chi connectivity index (χ2n) is 6.77. The van der Waals surface area contributed by atoms with Gasteiger partial charge in [-0.05, 0) is 51.4 Å². The summed E-state index contributed by atoms with van der Waals surface area (Å²) in [4.78, 5) is 26.1. The lowest BCUT2D eigenvalue weighted by molar-refractivity contribution is -0.137. The molecule has 0 unspecified atom stereocenters. The molecule has 6 nitrogen and oxygen atoms in total. The highest BCUT2D eigenvalue weighted by atomic mass is 32.1. The molecule has 1 saturated heterocycles. The summed E-state index contributed by atoms with van der Waals surface area (Å²) in [6, 6.07) is 1.57. The van der Waals surface area contributed by atoms with Gasteiger partial charge < -0.3 is 10.0 Å². The molecule has 0 saturated carbocycles. The maximum atomic E-state index is 13.2. The number of hydrogen-bond donors (Lipinski definition) is 1. The molecule has 1 fully saturated rings. The van der Waals surface area contributed by atoms with E-state index in [1.165, 1.54) is 4.90 Å². The first-order valence-corrected chi connectivity index (χ1v) is 8.61. The van der Waals surface area contributed by atoms with Gasteiger partial charge >= 0.3 is 12.1 Å². The number of amides is 1. The van der Waals surface area contributed by atoms with Gasteiger partial charge in [0.1, 0.15) is 5.54 Å². The Labute approximate surface area is 159 Å². The van der Waals surface area contributed by atoms with Crippen LogP contribution in [0.4, 0.5) is 13.2 Å². The van der Waals surface area contributed by atoms with Crippen LogP contribution in [0.15, 0.2) is 22.9 Å². The van der Waals surface area contributed by atoms with Crippen LogP contribution in [0.5, 0.6) is 0 Å². The third kappa shape index (κ3) is 3.98. The molecule has 0 atom stereocenters. The molecule has 146 valence electrons. The zero-order valence-corrected chi connectivity index (χ0v) is 15.6. The Morgan fingerprint density at radius 2 is 2.04 bits per heavy atom. The second-order valence-corrected chi connectivity index (χ2v) is 7.13. The predicted octanol–water partition coefficient (Wildman–Crippen LogP) is 3.12. The highest BCUT2D eigenvalue weighted by Crippen LogP contribution is 2.39. The summed E-state index contributed by atoms with van der Waals surface area (Å²) in [5.74, 6) is -1.46. The van der Waals surface area contributed by atoms with E-state index in [-0.39, 0.29) is 48.6 Å². The Kier molecular flexibility index (Phi) is 5.65. The van der Waals surface area contributed by atoms with E-state index in [1.54, 1.807) is 19.9 Å². The van der Waals surface area contributed by atoms with E-state index in [2.05, 4.69) is 0 Å². The molecule has 0 aromatic carbocycles. The molecule has 10 heteroatoms. The predicted molar refractivity (Wildman–Crippen MR) is 93.1 cm³/mol. The van der Waals surface area contributed by atoms with E-state index < -0.39 is 29.2 Å². The third-order valence-corrected chi connectivity index (χ3v) is 4.99. The molecule has 0 aromatic rings. The highest BCUT2D eigenvalue weighted by molar-refractivity contribution is 7.80. The fourth-order valence-corrected chi connectivity index (χ4v) is 3.63. The minimum atomic E-state index is -4.71. The number of nitriles is 1. The van der Waals surface area contributed by atoms with Gasteiger partial charge in [-0.1, -0.05) is 0 Å². The van der Waals surface area contributed by atoms with Gasteiger partial charge in [-0.25, -0.2) is 0 Å². The van der Waals surface area contributed by atoms with Crippen LogP contribution >= 0.6 is 12.2 Å². The Morgan fingerprint density at radius 1 is 1.41 bits per heavy atom. The maximum absolute atomic E-state index is 13.2. The van der Waals surface area contributed by atoms with Gasteiger partial charge in [-0.2, -0.15) is 18.4 Å². The van der Waals surface area contributed by atoms with Crippen LogP contribution in [-0.2, 0) is 9.59 Å². The number of carbonyl (C=O) groups is 2. The van der Waals surface area contributed by atoms with Crippen LogP contribution in [-0.4, -0.2) is 50.2 Å². The first-order valence-electron chi connectivity index (χ1n) is 8.20. The fraction of sp³-hybridized carbons (Fsp3) is 0.529. The molecule has 0 spiro atoms. The van der Waals surface area contributed by atoms with E-state index >= 15 is 0 Å². The fourth-order valence-electron chi connectivity index (χ4n) is 3.11. The lowest BCUT2D eigenvalue weighted by atomic mass is 9.95. The SMILES string of the molecule is CC1(C)C(=O)N(C2=CC(C(F)(F)F)=C(C#N)CC2)C(=S)N1CCCC(=O)O. The van der Waals surface area contributed by atoms with E-state index in [4.69, 9.17) is 22.6 Å². The van der Waals surface area contributed by atoms with Gasteiger partial charge in [-0.3, -0.25) is 14.5 Å². The van der Waals surface area contributed by atoms with Crippen molar-refractivity contribution in [3.8, 4) is 6.07 Å². The monoisotopic (exact) mass is 401 g/mol. The maximum Gasteiger partial charge on any atom is 0.417 e. The number of halogens is 3. The number of aliphatic carboxylic acids is 1. The van der Waals surface area contributed by atoms with Crippen molar-refractivity contribution in [3.63, 3.8) is 0 Å². The van der Waals surface area contributed by atoms with Gasteiger partial charge in [0, 0.05) is 24.2 Å². The van der Waals surface area contributed by atoms with Crippen molar-refractivity contribution in [2.45, 2.75) is 51.2 Å². The summed E-state index contributed by atoms with van der Waals surface area (Å²) in [5, 5.41) is 17.8. The lowest BCUT2D eigenvalue weighted by Crippen LogP contribution is -2.44. The topological polar surface area (TPSA) is 84.6 Å². The van der Waals surface area contributed by atoms with Crippen LogP contribution in [0.1, 0.15) is 39.5 Å². The van der Waals surface area contributed by atoms with Gasteiger partial charge in [-0.15, -0.1) is 0 Å². The van der Waals surface area contributed by atoms with Crippen LogP contribution in [0.3, 0.4) is 0 Å². The molecule has 1 aliphatic heterocycles. The molecule has 0 aromatic heterocycles. The van der Waals surface area contributed by atoms with Crippen molar-refractivity contribution in [2.24, 2.45) is 0 Å². The summed E-state index contributed by atoms with van der Waals surface area (Å²) >= 11 is 5.32. The molecule has 1 aliphatic carbocycles. The minimum absolute atomic E-state index is 0.0450.